The van der Waals surface area contributed by atoms with Crippen molar-refractivity contribution in [2.24, 2.45) is 0 Å². The molecule has 0 unspecified atom stereocenters. The van der Waals surface area contributed by atoms with E-state index in [1.807, 2.05) is 0 Å². The van der Waals surface area contributed by atoms with Gasteiger partial charge in [0.1, 0.15) is 19.0 Å². The maximum atomic E-state index is 12.3. The first-order chi connectivity index (χ1) is 11.5. The number of fused-ring (bicyclic) bond motifs is 1. The minimum atomic E-state index is -0.713. The number of benzene rings is 2. The Balaban J connectivity index is 1.64. The Kier molecular flexibility index (Phi) is 5.02. The lowest BCUT2D eigenvalue weighted by molar-refractivity contribution is -0.122. The monoisotopic (exact) mass is 367 g/mol. The Morgan fingerprint density at radius 3 is 2.58 bits per heavy atom. The van der Waals surface area contributed by atoms with Crippen molar-refractivity contribution in [1.29, 1.82) is 0 Å². The van der Waals surface area contributed by atoms with Gasteiger partial charge in [-0.15, -0.1) is 0 Å². The van der Waals surface area contributed by atoms with Crippen molar-refractivity contribution in [2.75, 3.05) is 18.5 Å². The average molecular weight is 368 g/mol. The summed E-state index contributed by atoms with van der Waals surface area (Å²) in [5.41, 5.74) is 0.605. The molecule has 1 N–H and O–H groups in total. The van der Waals surface area contributed by atoms with Gasteiger partial charge in [-0.25, -0.2) is 0 Å². The number of hydrogen-bond donors (Lipinski definition) is 1. The van der Waals surface area contributed by atoms with Crippen LogP contribution in [-0.2, 0) is 4.79 Å². The molecule has 0 spiro atoms. The van der Waals surface area contributed by atoms with Crippen molar-refractivity contribution in [1.82, 2.24) is 0 Å². The van der Waals surface area contributed by atoms with Gasteiger partial charge in [-0.2, -0.15) is 0 Å². The van der Waals surface area contributed by atoms with Crippen molar-refractivity contribution in [3.63, 3.8) is 0 Å². The fraction of sp³-hybridized carbons (Fsp3) is 0.235. The van der Waals surface area contributed by atoms with E-state index >= 15 is 0 Å². The topological polar surface area (TPSA) is 56.8 Å². The number of ether oxygens (including phenoxy) is 3. The number of halogens is 2. The number of rotatable bonds is 4. The highest BCUT2D eigenvalue weighted by Crippen LogP contribution is 2.32. The molecular weight excluding hydrogens is 353 g/mol. The highest BCUT2D eigenvalue weighted by Gasteiger charge is 2.17. The molecule has 5 nitrogen and oxygen atoms in total. The molecule has 0 radical (unpaired) electrons. The van der Waals surface area contributed by atoms with E-state index in [1.165, 1.54) is 0 Å². The van der Waals surface area contributed by atoms with Gasteiger partial charge in [-0.05, 0) is 31.2 Å². The minimum Gasteiger partial charge on any atom is -0.486 e. The summed E-state index contributed by atoms with van der Waals surface area (Å²) in [4.78, 5) is 12.3. The van der Waals surface area contributed by atoms with Gasteiger partial charge < -0.3 is 19.5 Å². The number of hydrogen-bond acceptors (Lipinski definition) is 4. The lowest BCUT2D eigenvalue weighted by Crippen LogP contribution is -2.30. The Bertz CT molecular complexity index is 766. The molecule has 1 amide bonds. The molecule has 1 aliphatic rings. The SMILES string of the molecule is C[C@H](Oc1ccc(Cl)c(Cl)c1)C(=O)Nc1ccc2c(c1)OCCO2. The zero-order chi connectivity index (χ0) is 17.1. The second kappa shape index (κ2) is 7.20. The van der Waals surface area contributed by atoms with Gasteiger partial charge in [0.25, 0.3) is 5.91 Å². The molecule has 126 valence electrons. The van der Waals surface area contributed by atoms with E-state index in [9.17, 15) is 4.79 Å². The third kappa shape index (κ3) is 3.86. The predicted molar refractivity (Wildman–Crippen MR) is 92.6 cm³/mol. The second-order valence-corrected chi connectivity index (χ2v) is 6.00. The standard InChI is InChI=1S/C17H15Cl2NO4/c1-10(24-12-3-4-13(18)14(19)9-12)17(21)20-11-2-5-15-16(8-11)23-7-6-22-15/h2-5,8-10H,6-7H2,1H3,(H,20,21)/t10-/m0/s1. The third-order valence-electron chi connectivity index (χ3n) is 3.38. The van der Waals surface area contributed by atoms with Crippen LogP contribution in [0.1, 0.15) is 6.92 Å². The van der Waals surface area contributed by atoms with Crippen LogP contribution in [0.15, 0.2) is 36.4 Å². The molecule has 24 heavy (non-hydrogen) atoms. The van der Waals surface area contributed by atoms with E-state index in [2.05, 4.69) is 5.32 Å². The van der Waals surface area contributed by atoms with Crippen LogP contribution in [0.5, 0.6) is 17.2 Å². The summed E-state index contributed by atoms with van der Waals surface area (Å²) in [6.07, 6.45) is -0.713. The maximum Gasteiger partial charge on any atom is 0.265 e. The van der Waals surface area contributed by atoms with Crippen LogP contribution >= 0.6 is 23.2 Å². The zero-order valence-corrected chi connectivity index (χ0v) is 14.4. The molecule has 0 fully saturated rings. The number of nitrogens with one attached hydrogen (secondary N) is 1. The molecule has 0 bridgehead atoms. The van der Waals surface area contributed by atoms with E-state index < -0.39 is 6.10 Å². The molecule has 0 aliphatic carbocycles. The molecule has 0 saturated carbocycles. The lowest BCUT2D eigenvalue weighted by Gasteiger charge is -2.20. The van der Waals surface area contributed by atoms with Crippen LogP contribution in [0.25, 0.3) is 0 Å². The molecular formula is C17H15Cl2NO4. The first kappa shape index (κ1) is 16.7. The normalized spacial score (nSPS) is 14.0. The van der Waals surface area contributed by atoms with Gasteiger partial charge in [-0.1, -0.05) is 23.2 Å². The van der Waals surface area contributed by atoms with Gasteiger partial charge in [-0.3, -0.25) is 4.79 Å². The Labute approximate surface area is 149 Å². The highest BCUT2D eigenvalue weighted by atomic mass is 35.5. The van der Waals surface area contributed by atoms with Gasteiger partial charge in [0.2, 0.25) is 0 Å². The summed E-state index contributed by atoms with van der Waals surface area (Å²) in [6, 6.07) is 10.1. The Morgan fingerprint density at radius 2 is 1.83 bits per heavy atom. The number of carbonyl (C=O) groups excluding carboxylic acids is 1. The van der Waals surface area contributed by atoms with E-state index in [0.717, 1.165) is 0 Å². The third-order valence-corrected chi connectivity index (χ3v) is 4.12. The van der Waals surface area contributed by atoms with Crippen molar-refractivity contribution in [2.45, 2.75) is 13.0 Å². The minimum absolute atomic E-state index is 0.294. The van der Waals surface area contributed by atoms with Crippen LogP contribution in [0.3, 0.4) is 0 Å². The summed E-state index contributed by atoms with van der Waals surface area (Å²) in [7, 11) is 0. The average Bonchev–Trinajstić information content (AvgIpc) is 2.58. The van der Waals surface area contributed by atoms with Gasteiger partial charge in [0.15, 0.2) is 17.6 Å². The first-order valence-corrected chi connectivity index (χ1v) is 8.11. The molecule has 1 atom stereocenters. The number of amides is 1. The molecule has 7 heteroatoms. The summed E-state index contributed by atoms with van der Waals surface area (Å²) in [5, 5.41) is 3.58. The van der Waals surface area contributed by atoms with Gasteiger partial charge in [0, 0.05) is 17.8 Å². The largest absolute Gasteiger partial charge is 0.486 e. The maximum absolute atomic E-state index is 12.3. The summed E-state index contributed by atoms with van der Waals surface area (Å²) >= 11 is 11.8. The highest BCUT2D eigenvalue weighted by molar-refractivity contribution is 6.42. The molecule has 1 aliphatic heterocycles. The summed E-state index contributed by atoms with van der Waals surface area (Å²) < 4.78 is 16.5. The van der Waals surface area contributed by atoms with Crippen molar-refractivity contribution < 1.29 is 19.0 Å². The van der Waals surface area contributed by atoms with E-state index in [4.69, 9.17) is 37.4 Å². The van der Waals surface area contributed by atoms with Crippen molar-refractivity contribution in [3.8, 4) is 17.2 Å². The molecule has 2 aromatic carbocycles. The quantitative estimate of drug-likeness (QED) is 0.880. The molecule has 2 aromatic rings. The smallest absolute Gasteiger partial charge is 0.265 e. The zero-order valence-electron chi connectivity index (χ0n) is 12.8. The van der Waals surface area contributed by atoms with Crippen LogP contribution in [0.2, 0.25) is 10.0 Å². The lowest BCUT2D eigenvalue weighted by atomic mass is 10.2. The van der Waals surface area contributed by atoms with Crippen LogP contribution in [-0.4, -0.2) is 25.2 Å². The van der Waals surface area contributed by atoms with E-state index in [-0.39, 0.29) is 5.91 Å². The van der Waals surface area contributed by atoms with Gasteiger partial charge in [0.05, 0.1) is 10.0 Å². The van der Waals surface area contributed by atoms with E-state index in [0.29, 0.717) is 46.2 Å². The molecule has 0 aromatic heterocycles. The Hall–Kier alpha value is -2.11. The summed E-state index contributed by atoms with van der Waals surface area (Å²) in [6.45, 7) is 2.66. The Morgan fingerprint density at radius 1 is 1.08 bits per heavy atom. The molecule has 1 heterocycles. The van der Waals surface area contributed by atoms with Crippen LogP contribution in [0.4, 0.5) is 5.69 Å². The van der Waals surface area contributed by atoms with Crippen molar-refractivity contribution >= 4 is 34.8 Å². The van der Waals surface area contributed by atoms with Crippen LogP contribution < -0.4 is 19.5 Å². The number of anilines is 1. The van der Waals surface area contributed by atoms with E-state index in [1.54, 1.807) is 43.3 Å². The second-order valence-electron chi connectivity index (χ2n) is 5.18. The van der Waals surface area contributed by atoms with Gasteiger partial charge >= 0.3 is 0 Å². The molecule has 3 rings (SSSR count). The fourth-order valence-electron chi connectivity index (χ4n) is 2.17. The molecule has 0 saturated heterocycles. The summed E-state index contributed by atoms with van der Waals surface area (Å²) in [5.74, 6) is 1.45. The number of carbonyl (C=O) groups is 1. The predicted octanol–water partition coefficient (Wildman–Crippen LogP) is 4.17. The first-order valence-electron chi connectivity index (χ1n) is 7.35. The fourth-order valence-corrected chi connectivity index (χ4v) is 2.46. The van der Waals surface area contributed by atoms with Crippen molar-refractivity contribution in [3.05, 3.63) is 46.4 Å². The van der Waals surface area contributed by atoms with Crippen LogP contribution in [0, 0.1) is 0 Å².